The van der Waals surface area contributed by atoms with Gasteiger partial charge >= 0.3 is 0 Å². The number of nitrogens with zero attached hydrogens (tertiary/aromatic N) is 1. The molecule has 0 saturated carbocycles. The fraction of sp³-hybridized carbons (Fsp3) is 0.263. The molecule has 0 unspecified atom stereocenters. The van der Waals surface area contributed by atoms with E-state index < -0.39 is 0 Å². The lowest BCUT2D eigenvalue weighted by atomic mass is 10.0. The van der Waals surface area contributed by atoms with Crippen molar-refractivity contribution in [2.75, 3.05) is 35.5 Å². The number of H-pyrrole nitrogens is 1. The van der Waals surface area contributed by atoms with Crippen LogP contribution >= 0.6 is 0 Å². The van der Waals surface area contributed by atoms with Crippen LogP contribution < -0.4 is 23.7 Å². The SMILES string of the molecule is COc1cc2[nH]nc(C(=O)c3cc(OC)c(OC)c(OC)c3)c2cc1OC. The maximum atomic E-state index is 13.1. The normalized spacial score (nSPS) is 10.6. The smallest absolute Gasteiger partial charge is 0.214 e. The Morgan fingerprint density at radius 2 is 1.33 bits per heavy atom. The highest BCUT2D eigenvalue weighted by atomic mass is 16.5. The van der Waals surface area contributed by atoms with Gasteiger partial charge in [-0.2, -0.15) is 5.10 Å². The molecule has 0 aliphatic rings. The number of hydrogen-bond acceptors (Lipinski definition) is 7. The lowest BCUT2D eigenvalue weighted by Crippen LogP contribution is -2.05. The van der Waals surface area contributed by atoms with Crippen LogP contribution in [0.2, 0.25) is 0 Å². The lowest BCUT2D eigenvalue weighted by molar-refractivity contribution is 0.103. The minimum atomic E-state index is -0.298. The van der Waals surface area contributed by atoms with Crippen molar-refractivity contribution in [3.05, 3.63) is 35.5 Å². The second-order valence-electron chi connectivity index (χ2n) is 5.57. The number of fused-ring (bicyclic) bond motifs is 1. The summed E-state index contributed by atoms with van der Waals surface area (Å²) < 4.78 is 26.5. The van der Waals surface area contributed by atoms with Crippen LogP contribution in [-0.2, 0) is 0 Å². The monoisotopic (exact) mass is 372 g/mol. The zero-order valence-electron chi connectivity index (χ0n) is 15.7. The Hall–Kier alpha value is -3.42. The van der Waals surface area contributed by atoms with E-state index >= 15 is 0 Å². The first-order valence-corrected chi connectivity index (χ1v) is 8.02. The molecular formula is C19H20N2O6. The summed E-state index contributed by atoms with van der Waals surface area (Å²) in [6.45, 7) is 0. The van der Waals surface area contributed by atoms with Gasteiger partial charge in [0.2, 0.25) is 11.5 Å². The molecule has 8 heteroatoms. The van der Waals surface area contributed by atoms with Crippen molar-refractivity contribution < 1.29 is 28.5 Å². The quantitative estimate of drug-likeness (QED) is 0.638. The maximum Gasteiger partial charge on any atom is 0.214 e. The Kier molecular flexibility index (Phi) is 5.07. The predicted molar refractivity (Wildman–Crippen MR) is 98.7 cm³/mol. The second kappa shape index (κ2) is 7.45. The summed E-state index contributed by atoms with van der Waals surface area (Å²) in [4.78, 5) is 13.1. The Bertz CT molecular complexity index is 970. The zero-order valence-corrected chi connectivity index (χ0v) is 15.7. The Morgan fingerprint density at radius 1 is 0.778 bits per heavy atom. The first kappa shape index (κ1) is 18.4. The molecule has 27 heavy (non-hydrogen) atoms. The van der Waals surface area contributed by atoms with Gasteiger partial charge in [0.15, 0.2) is 23.0 Å². The minimum absolute atomic E-state index is 0.250. The number of methoxy groups -OCH3 is 5. The number of ketones is 1. The predicted octanol–water partition coefficient (Wildman–Crippen LogP) is 2.84. The number of rotatable bonds is 7. The summed E-state index contributed by atoms with van der Waals surface area (Å²) in [6.07, 6.45) is 0. The zero-order chi connectivity index (χ0) is 19.6. The molecule has 0 spiro atoms. The van der Waals surface area contributed by atoms with E-state index in [9.17, 15) is 4.79 Å². The molecular weight excluding hydrogens is 352 g/mol. The van der Waals surface area contributed by atoms with Crippen molar-refractivity contribution in [2.45, 2.75) is 0 Å². The van der Waals surface area contributed by atoms with Crippen molar-refractivity contribution in [2.24, 2.45) is 0 Å². The summed E-state index contributed by atoms with van der Waals surface area (Å²) in [5, 5.41) is 7.65. The Balaban J connectivity index is 2.13. The fourth-order valence-electron chi connectivity index (χ4n) is 2.87. The van der Waals surface area contributed by atoms with Crippen LogP contribution in [0.25, 0.3) is 10.9 Å². The highest BCUT2D eigenvalue weighted by Crippen LogP contribution is 2.39. The third kappa shape index (κ3) is 3.10. The van der Waals surface area contributed by atoms with Gasteiger partial charge in [-0.1, -0.05) is 0 Å². The van der Waals surface area contributed by atoms with E-state index in [2.05, 4.69) is 10.2 Å². The molecule has 1 heterocycles. The molecule has 1 aromatic heterocycles. The van der Waals surface area contributed by atoms with Crippen molar-refractivity contribution in [1.29, 1.82) is 0 Å². The van der Waals surface area contributed by atoms with Crippen molar-refractivity contribution in [3.63, 3.8) is 0 Å². The minimum Gasteiger partial charge on any atom is -0.493 e. The fourth-order valence-corrected chi connectivity index (χ4v) is 2.87. The highest BCUT2D eigenvalue weighted by molar-refractivity contribution is 6.15. The number of benzene rings is 2. The number of aromatic amines is 1. The van der Waals surface area contributed by atoms with Crippen LogP contribution in [0.4, 0.5) is 0 Å². The molecule has 3 rings (SSSR count). The Labute approximate surface area is 155 Å². The summed E-state index contributed by atoms with van der Waals surface area (Å²) in [5.41, 5.74) is 1.26. The molecule has 0 saturated heterocycles. The Morgan fingerprint density at radius 3 is 1.85 bits per heavy atom. The van der Waals surface area contributed by atoms with Crippen molar-refractivity contribution in [1.82, 2.24) is 10.2 Å². The van der Waals surface area contributed by atoms with E-state index in [1.807, 2.05) is 0 Å². The summed E-state index contributed by atoms with van der Waals surface area (Å²) >= 11 is 0. The van der Waals surface area contributed by atoms with E-state index in [-0.39, 0.29) is 11.5 Å². The third-order valence-electron chi connectivity index (χ3n) is 4.21. The molecule has 142 valence electrons. The molecule has 1 N–H and O–H groups in total. The summed E-state index contributed by atoms with van der Waals surface area (Å²) in [6, 6.07) is 6.62. The van der Waals surface area contributed by atoms with E-state index in [0.29, 0.717) is 45.2 Å². The molecule has 3 aromatic rings. The first-order chi connectivity index (χ1) is 13.1. The third-order valence-corrected chi connectivity index (χ3v) is 4.21. The van der Waals surface area contributed by atoms with Gasteiger partial charge in [-0.05, 0) is 18.2 Å². The van der Waals surface area contributed by atoms with E-state index in [1.54, 1.807) is 31.4 Å². The van der Waals surface area contributed by atoms with Gasteiger partial charge < -0.3 is 23.7 Å². The van der Waals surface area contributed by atoms with Crippen LogP contribution in [0.5, 0.6) is 28.7 Å². The average Bonchev–Trinajstić information content (AvgIpc) is 3.13. The largest absolute Gasteiger partial charge is 0.493 e. The number of aromatic nitrogens is 2. The van der Waals surface area contributed by atoms with Crippen molar-refractivity contribution in [3.8, 4) is 28.7 Å². The molecule has 0 radical (unpaired) electrons. The molecule has 0 amide bonds. The molecule has 2 aromatic carbocycles. The van der Waals surface area contributed by atoms with Gasteiger partial charge in [0.25, 0.3) is 0 Å². The summed E-state index contributed by atoms with van der Waals surface area (Å²) in [7, 11) is 7.56. The average molecular weight is 372 g/mol. The molecule has 0 aliphatic heterocycles. The van der Waals surface area contributed by atoms with Crippen LogP contribution in [0.3, 0.4) is 0 Å². The summed E-state index contributed by atoms with van der Waals surface area (Å²) in [5.74, 6) is 1.94. The van der Waals surface area contributed by atoms with E-state index in [0.717, 1.165) is 0 Å². The first-order valence-electron chi connectivity index (χ1n) is 8.02. The standard InChI is InChI=1S/C19H20N2O6/c1-23-13-8-11-12(9-14(13)24-2)20-21-17(11)18(22)10-6-15(25-3)19(27-5)16(7-10)26-4/h6-9H,1-5H3,(H,20,21). The number of hydrogen-bond donors (Lipinski definition) is 1. The van der Waals surface area contributed by atoms with Crippen molar-refractivity contribution >= 4 is 16.7 Å². The van der Waals surface area contributed by atoms with Gasteiger partial charge in [0.05, 0.1) is 41.1 Å². The molecule has 0 atom stereocenters. The number of carbonyl (C=O) groups excluding carboxylic acids is 1. The molecule has 8 nitrogen and oxygen atoms in total. The van der Waals surface area contributed by atoms with Gasteiger partial charge in [0, 0.05) is 17.0 Å². The van der Waals surface area contributed by atoms with Crippen LogP contribution in [0.1, 0.15) is 16.1 Å². The number of carbonyl (C=O) groups is 1. The van der Waals surface area contributed by atoms with Gasteiger partial charge in [-0.3, -0.25) is 9.89 Å². The van der Waals surface area contributed by atoms with Crippen LogP contribution in [0, 0.1) is 0 Å². The number of nitrogens with one attached hydrogen (secondary N) is 1. The molecule has 0 fully saturated rings. The van der Waals surface area contributed by atoms with Gasteiger partial charge in [0.1, 0.15) is 5.69 Å². The van der Waals surface area contributed by atoms with Gasteiger partial charge in [-0.25, -0.2) is 0 Å². The topological polar surface area (TPSA) is 91.9 Å². The number of ether oxygens (including phenoxy) is 5. The molecule has 0 bridgehead atoms. The maximum absolute atomic E-state index is 13.1. The van der Waals surface area contributed by atoms with Crippen LogP contribution in [-0.4, -0.2) is 51.5 Å². The highest BCUT2D eigenvalue weighted by Gasteiger charge is 2.22. The second-order valence-corrected chi connectivity index (χ2v) is 5.57. The van der Waals surface area contributed by atoms with E-state index in [4.69, 9.17) is 23.7 Å². The molecule has 0 aliphatic carbocycles. The van der Waals surface area contributed by atoms with Gasteiger partial charge in [-0.15, -0.1) is 0 Å². The van der Waals surface area contributed by atoms with E-state index in [1.165, 1.54) is 28.4 Å². The van der Waals surface area contributed by atoms with Crippen LogP contribution in [0.15, 0.2) is 24.3 Å². The lowest BCUT2D eigenvalue weighted by Gasteiger charge is -2.13.